The molecule has 1 saturated carbocycles. The number of rotatable bonds is 7. The number of guanidine groups is 1. The van der Waals surface area contributed by atoms with E-state index in [0.717, 1.165) is 56.9 Å². The monoisotopic (exact) mass is 362 g/mol. The Morgan fingerprint density at radius 2 is 2.04 bits per heavy atom. The number of ether oxygens (including phenoxy) is 1. The maximum Gasteiger partial charge on any atom is 0.191 e. The average Bonchev–Trinajstić information content (AvgIpc) is 3.06. The van der Waals surface area contributed by atoms with Crippen LogP contribution < -0.4 is 10.6 Å². The highest BCUT2D eigenvalue weighted by molar-refractivity contribution is 5.79. The van der Waals surface area contributed by atoms with Crippen LogP contribution in [0.1, 0.15) is 50.2 Å². The summed E-state index contributed by atoms with van der Waals surface area (Å²) in [7, 11) is 1.84. The van der Waals surface area contributed by atoms with E-state index in [1.807, 2.05) is 20.0 Å². The van der Waals surface area contributed by atoms with Crippen LogP contribution in [0.5, 0.6) is 0 Å². The Labute approximate surface area is 157 Å². The third-order valence-corrected chi connectivity index (χ3v) is 6.06. The highest BCUT2D eigenvalue weighted by Gasteiger charge is 2.35. The zero-order valence-corrected chi connectivity index (χ0v) is 16.5. The van der Waals surface area contributed by atoms with Gasteiger partial charge < -0.3 is 19.8 Å². The molecule has 2 aliphatic rings. The van der Waals surface area contributed by atoms with Gasteiger partial charge in [0.05, 0.1) is 19.3 Å². The van der Waals surface area contributed by atoms with Crippen LogP contribution in [-0.4, -0.2) is 57.3 Å². The van der Waals surface area contributed by atoms with Crippen LogP contribution in [0.15, 0.2) is 21.5 Å². The molecule has 146 valence electrons. The topological polar surface area (TPSA) is 62.0 Å². The normalized spacial score (nSPS) is 21.9. The van der Waals surface area contributed by atoms with E-state index in [1.165, 1.54) is 25.7 Å². The van der Waals surface area contributed by atoms with Crippen molar-refractivity contribution in [2.45, 2.75) is 45.6 Å². The highest BCUT2D eigenvalue weighted by atomic mass is 16.5. The molecule has 1 saturated heterocycles. The number of hydrogen-bond donors (Lipinski definition) is 2. The van der Waals surface area contributed by atoms with E-state index in [9.17, 15) is 0 Å². The van der Waals surface area contributed by atoms with Gasteiger partial charge in [0.2, 0.25) is 0 Å². The molecule has 26 heavy (non-hydrogen) atoms. The Morgan fingerprint density at radius 1 is 1.27 bits per heavy atom. The third-order valence-electron chi connectivity index (χ3n) is 6.06. The van der Waals surface area contributed by atoms with E-state index in [2.05, 4.69) is 33.5 Å². The second-order valence-corrected chi connectivity index (χ2v) is 7.63. The van der Waals surface area contributed by atoms with Gasteiger partial charge >= 0.3 is 0 Å². The summed E-state index contributed by atoms with van der Waals surface area (Å²) in [4.78, 5) is 6.85. The van der Waals surface area contributed by atoms with E-state index in [4.69, 9.17) is 9.15 Å². The van der Waals surface area contributed by atoms with E-state index in [-0.39, 0.29) is 6.04 Å². The van der Waals surface area contributed by atoms with Crippen molar-refractivity contribution in [2.24, 2.45) is 10.4 Å². The number of aryl methyl sites for hydroxylation is 1. The van der Waals surface area contributed by atoms with Gasteiger partial charge in [0.1, 0.15) is 11.5 Å². The van der Waals surface area contributed by atoms with Crippen molar-refractivity contribution in [1.29, 1.82) is 0 Å². The van der Waals surface area contributed by atoms with Gasteiger partial charge in [-0.25, -0.2) is 0 Å². The van der Waals surface area contributed by atoms with Crippen LogP contribution in [-0.2, 0) is 4.74 Å². The summed E-state index contributed by atoms with van der Waals surface area (Å²) in [5, 5.41) is 7.06. The number of aliphatic imine (C=N–C) groups is 1. The minimum absolute atomic E-state index is 0.190. The molecule has 1 aromatic heterocycles. The predicted octanol–water partition coefficient (Wildman–Crippen LogP) is 2.71. The molecule has 1 aromatic rings. The van der Waals surface area contributed by atoms with E-state index in [0.29, 0.717) is 5.41 Å². The standard InChI is InChI=1S/C20H34N4O2/c1-4-20(8-5-9-20)15-23-19(21-3)22-14-17(18-7-6-16(2)26-18)24-10-12-25-13-11-24/h6-7,17H,4-5,8-15H2,1-3H3,(H2,21,22,23). The Balaban J connectivity index is 1.58. The number of morpholine rings is 1. The van der Waals surface area contributed by atoms with Gasteiger partial charge in [-0.3, -0.25) is 9.89 Å². The lowest BCUT2D eigenvalue weighted by atomic mass is 9.67. The fourth-order valence-electron chi connectivity index (χ4n) is 3.95. The molecule has 2 heterocycles. The first kappa shape index (κ1) is 19.2. The molecule has 0 aromatic carbocycles. The zero-order valence-electron chi connectivity index (χ0n) is 16.5. The number of hydrogen-bond acceptors (Lipinski definition) is 4. The van der Waals surface area contributed by atoms with Gasteiger partial charge in [-0.15, -0.1) is 0 Å². The average molecular weight is 363 g/mol. The molecule has 1 aliphatic carbocycles. The van der Waals surface area contributed by atoms with E-state index in [1.54, 1.807) is 0 Å². The van der Waals surface area contributed by atoms with Crippen molar-refractivity contribution < 1.29 is 9.15 Å². The van der Waals surface area contributed by atoms with Crippen molar-refractivity contribution in [1.82, 2.24) is 15.5 Å². The second kappa shape index (κ2) is 8.91. The highest BCUT2D eigenvalue weighted by Crippen LogP contribution is 2.43. The zero-order chi connectivity index (χ0) is 18.4. The van der Waals surface area contributed by atoms with Crippen molar-refractivity contribution in [2.75, 3.05) is 46.4 Å². The van der Waals surface area contributed by atoms with Crippen LogP contribution in [0.4, 0.5) is 0 Å². The molecular weight excluding hydrogens is 328 g/mol. The predicted molar refractivity (Wildman–Crippen MR) is 105 cm³/mol. The molecule has 3 rings (SSSR count). The summed E-state index contributed by atoms with van der Waals surface area (Å²) in [6.07, 6.45) is 5.25. The summed E-state index contributed by atoms with van der Waals surface area (Å²) in [6.45, 7) is 9.48. The largest absolute Gasteiger partial charge is 0.465 e. The molecule has 6 heteroatoms. The summed E-state index contributed by atoms with van der Waals surface area (Å²) < 4.78 is 11.5. The van der Waals surface area contributed by atoms with Crippen LogP contribution in [0.2, 0.25) is 0 Å². The summed E-state index contributed by atoms with van der Waals surface area (Å²) in [5.74, 6) is 2.85. The molecule has 1 aliphatic heterocycles. The first-order valence-corrected chi connectivity index (χ1v) is 9.98. The second-order valence-electron chi connectivity index (χ2n) is 7.63. The summed E-state index contributed by atoms with van der Waals surface area (Å²) in [6, 6.07) is 4.32. The molecule has 2 N–H and O–H groups in total. The quantitative estimate of drug-likeness (QED) is 0.577. The molecule has 1 unspecified atom stereocenters. The lowest BCUT2D eigenvalue weighted by Gasteiger charge is -2.41. The lowest BCUT2D eigenvalue weighted by Crippen LogP contribution is -2.49. The SMILES string of the molecule is CCC1(CNC(=NC)NCC(c2ccc(C)o2)N2CCOCC2)CCC1. The molecule has 2 fully saturated rings. The molecular formula is C20H34N4O2. The molecule has 0 radical (unpaired) electrons. The van der Waals surface area contributed by atoms with Gasteiger partial charge in [-0.05, 0) is 43.7 Å². The lowest BCUT2D eigenvalue weighted by molar-refractivity contribution is 0.0124. The summed E-state index contributed by atoms with van der Waals surface area (Å²) >= 11 is 0. The first-order valence-electron chi connectivity index (χ1n) is 9.98. The smallest absolute Gasteiger partial charge is 0.191 e. The number of nitrogens with zero attached hydrogens (tertiary/aromatic N) is 2. The van der Waals surface area contributed by atoms with E-state index >= 15 is 0 Å². The fourth-order valence-corrected chi connectivity index (χ4v) is 3.95. The van der Waals surface area contributed by atoms with Crippen LogP contribution in [0.25, 0.3) is 0 Å². The maximum atomic E-state index is 5.94. The Bertz CT molecular complexity index is 583. The fraction of sp³-hybridized carbons (Fsp3) is 0.750. The Kier molecular flexibility index (Phi) is 6.59. The summed E-state index contributed by atoms with van der Waals surface area (Å²) in [5.41, 5.74) is 0.472. The van der Waals surface area contributed by atoms with Gasteiger partial charge in [-0.2, -0.15) is 0 Å². The van der Waals surface area contributed by atoms with Crippen molar-refractivity contribution >= 4 is 5.96 Å². The van der Waals surface area contributed by atoms with Gasteiger partial charge in [-0.1, -0.05) is 13.3 Å². The number of nitrogens with one attached hydrogen (secondary N) is 2. The van der Waals surface area contributed by atoms with Crippen molar-refractivity contribution in [3.8, 4) is 0 Å². The van der Waals surface area contributed by atoms with E-state index < -0.39 is 0 Å². The molecule has 0 bridgehead atoms. The van der Waals surface area contributed by atoms with Crippen LogP contribution in [0, 0.1) is 12.3 Å². The molecule has 0 spiro atoms. The van der Waals surface area contributed by atoms with Crippen LogP contribution in [0.3, 0.4) is 0 Å². The van der Waals surface area contributed by atoms with Gasteiger partial charge in [0.25, 0.3) is 0 Å². The van der Waals surface area contributed by atoms with Crippen molar-refractivity contribution in [3.05, 3.63) is 23.7 Å². The van der Waals surface area contributed by atoms with Gasteiger partial charge in [0, 0.05) is 33.2 Å². The van der Waals surface area contributed by atoms with Gasteiger partial charge in [0.15, 0.2) is 5.96 Å². The Hall–Kier alpha value is -1.53. The molecule has 1 atom stereocenters. The first-order chi connectivity index (χ1) is 12.7. The minimum Gasteiger partial charge on any atom is -0.465 e. The van der Waals surface area contributed by atoms with Crippen LogP contribution >= 0.6 is 0 Å². The maximum absolute atomic E-state index is 5.94. The number of furan rings is 1. The molecule has 0 amide bonds. The Morgan fingerprint density at radius 3 is 2.58 bits per heavy atom. The minimum atomic E-state index is 0.190. The molecule has 6 nitrogen and oxygen atoms in total. The third kappa shape index (κ3) is 4.60. The van der Waals surface area contributed by atoms with Crippen molar-refractivity contribution in [3.63, 3.8) is 0 Å².